The summed E-state index contributed by atoms with van der Waals surface area (Å²) in [5.41, 5.74) is 6.39. The van der Waals surface area contributed by atoms with Crippen molar-refractivity contribution in [3.63, 3.8) is 0 Å². The maximum absolute atomic E-state index is 10.0. The second-order valence-electron chi connectivity index (χ2n) is 4.50. The Hall–Kier alpha value is -0.940. The average molecular weight is 224 g/mol. The van der Waals surface area contributed by atoms with Crippen LogP contribution in [0.25, 0.3) is 0 Å². The highest BCUT2D eigenvalue weighted by Crippen LogP contribution is 2.26. The van der Waals surface area contributed by atoms with Gasteiger partial charge in [0.1, 0.15) is 0 Å². The summed E-state index contributed by atoms with van der Waals surface area (Å²) in [5, 5.41) is 18.2. The molecule has 90 valence electrons. The van der Waals surface area contributed by atoms with E-state index in [0.717, 1.165) is 37.8 Å². The molecule has 0 aromatic carbocycles. The fraction of sp³-hybridized carbons (Fsp3) is 0.818. The summed E-state index contributed by atoms with van der Waals surface area (Å²) >= 11 is 0. The van der Waals surface area contributed by atoms with Crippen molar-refractivity contribution in [2.24, 2.45) is 5.73 Å². The molecule has 5 heteroatoms. The molecule has 1 saturated carbocycles. The SMILES string of the molecule is NCCc1cn(C2CCCCCC2O)nn1. The zero-order valence-electron chi connectivity index (χ0n) is 9.55. The molecule has 3 N–H and O–H groups in total. The van der Waals surface area contributed by atoms with Crippen molar-refractivity contribution in [1.82, 2.24) is 15.0 Å². The highest BCUT2D eigenvalue weighted by Gasteiger charge is 2.24. The van der Waals surface area contributed by atoms with E-state index in [1.54, 1.807) is 0 Å². The van der Waals surface area contributed by atoms with Crippen LogP contribution in [0.5, 0.6) is 0 Å². The number of hydrogen-bond acceptors (Lipinski definition) is 4. The van der Waals surface area contributed by atoms with Crippen LogP contribution in [0, 0.1) is 0 Å². The number of rotatable bonds is 3. The van der Waals surface area contributed by atoms with Crippen LogP contribution >= 0.6 is 0 Å². The summed E-state index contributed by atoms with van der Waals surface area (Å²) < 4.78 is 1.82. The molecule has 1 heterocycles. The van der Waals surface area contributed by atoms with Crippen molar-refractivity contribution < 1.29 is 5.11 Å². The van der Waals surface area contributed by atoms with Gasteiger partial charge in [-0.1, -0.05) is 24.5 Å². The fourth-order valence-electron chi connectivity index (χ4n) is 2.31. The molecule has 0 saturated heterocycles. The Labute approximate surface area is 95.6 Å². The molecule has 5 nitrogen and oxygen atoms in total. The maximum atomic E-state index is 10.0. The normalized spacial score (nSPS) is 26.6. The minimum absolute atomic E-state index is 0.0986. The third-order valence-electron chi connectivity index (χ3n) is 3.24. The van der Waals surface area contributed by atoms with Gasteiger partial charge in [-0.3, -0.25) is 0 Å². The van der Waals surface area contributed by atoms with Crippen LogP contribution in [-0.4, -0.2) is 32.7 Å². The van der Waals surface area contributed by atoms with Gasteiger partial charge in [0, 0.05) is 12.6 Å². The van der Waals surface area contributed by atoms with Gasteiger partial charge in [0.15, 0.2) is 0 Å². The smallest absolute Gasteiger partial charge is 0.0839 e. The Bertz CT molecular complexity index is 326. The number of hydrogen-bond donors (Lipinski definition) is 2. The summed E-state index contributed by atoms with van der Waals surface area (Å²) in [6.45, 7) is 0.589. The average Bonchev–Trinajstić information content (AvgIpc) is 2.61. The zero-order valence-corrected chi connectivity index (χ0v) is 9.55. The molecular weight excluding hydrogens is 204 g/mol. The Balaban J connectivity index is 2.08. The Morgan fingerprint density at radius 2 is 2.19 bits per heavy atom. The summed E-state index contributed by atoms with van der Waals surface area (Å²) in [6, 6.07) is 0.0986. The predicted octanol–water partition coefficient (Wildman–Crippen LogP) is 0.645. The van der Waals surface area contributed by atoms with Crippen molar-refractivity contribution in [2.75, 3.05) is 6.54 Å². The van der Waals surface area contributed by atoms with Gasteiger partial charge >= 0.3 is 0 Å². The number of nitrogens with zero attached hydrogens (tertiary/aromatic N) is 3. The lowest BCUT2D eigenvalue weighted by Crippen LogP contribution is -2.23. The number of nitrogens with two attached hydrogens (primary N) is 1. The van der Waals surface area contributed by atoms with Crippen molar-refractivity contribution in [1.29, 1.82) is 0 Å². The molecule has 16 heavy (non-hydrogen) atoms. The quantitative estimate of drug-likeness (QED) is 0.739. The first-order chi connectivity index (χ1) is 7.81. The Morgan fingerprint density at radius 3 is 3.00 bits per heavy atom. The van der Waals surface area contributed by atoms with Gasteiger partial charge in [0.05, 0.1) is 17.8 Å². The molecule has 2 unspecified atom stereocenters. The first-order valence-electron chi connectivity index (χ1n) is 6.10. The van der Waals surface area contributed by atoms with Gasteiger partial charge in [-0.05, 0) is 19.4 Å². The predicted molar refractivity (Wildman–Crippen MR) is 60.9 cm³/mol. The Morgan fingerprint density at radius 1 is 1.38 bits per heavy atom. The molecule has 1 aliphatic carbocycles. The zero-order chi connectivity index (χ0) is 11.4. The monoisotopic (exact) mass is 224 g/mol. The van der Waals surface area contributed by atoms with Gasteiger partial charge in [0.25, 0.3) is 0 Å². The molecule has 0 radical (unpaired) electrons. The van der Waals surface area contributed by atoms with Crippen LogP contribution in [0.2, 0.25) is 0 Å². The summed E-state index contributed by atoms with van der Waals surface area (Å²) in [4.78, 5) is 0. The van der Waals surface area contributed by atoms with E-state index in [1.165, 1.54) is 6.42 Å². The molecule has 0 amide bonds. The lowest BCUT2D eigenvalue weighted by atomic mass is 10.1. The highest BCUT2D eigenvalue weighted by molar-refractivity contribution is 4.95. The second kappa shape index (κ2) is 5.41. The minimum atomic E-state index is -0.282. The van der Waals surface area contributed by atoms with Crippen molar-refractivity contribution in [3.05, 3.63) is 11.9 Å². The molecule has 0 spiro atoms. The van der Waals surface area contributed by atoms with E-state index in [1.807, 2.05) is 10.9 Å². The third kappa shape index (κ3) is 2.59. The van der Waals surface area contributed by atoms with Crippen molar-refractivity contribution in [2.45, 2.75) is 50.7 Å². The molecule has 1 aliphatic rings. The minimum Gasteiger partial charge on any atom is -0.391 e. The summed E-state index contributed by atoms with van der Waals surface area (Å²) in [5.74, 6) is 0. The van der Waals surface area contributed by atoms with Gasteiger partial charge in [-0.25, -0.2) is 4.68 Å². The molecule has 0 bridgehead atoms. The Kier molecular flexibility index (Phi) is 3.90. The van der Waals surface area contributed by atoms with Gasteiger partial charge in [-0.15, -0.1) is 5.10 Å². The molecule has 2 atom stereocenters. The van der Waals surface area contributed by atoms with Crippen LogP contribution in [0.4, 0.5) is 0 Å². The standard InChI is InChI=1S/C11H20N4O/c12-7-6-9-8-15(14-13-9)10-4-2-1-3-5-11(10)16/h8,10-11,16H,1-7,12H2. The van der Waals surface area contributed by atoms with E-state index in [4.69, 9.17) is 5.73 Å². The molecule has 1 aromatic rings. The topological polar surface area (TPSA) is 77.0 Å². The number of aromatic nitrogens is 3. The largest absolute Gasteiger partial charge is 0.391 e. The lowest BCUT2D eigenvalue weighted by Gasteiger charge is -2.19. The fourth-order valence-corrected chi connectivity index (χ4v) is 2.31. The van der Waals surface area contributed by atoms with Gasteiger partial charge < -0.3 is 10.8 Å². The highest BCUT2D eigenvalue weighted by atomic mass is 16.3. The van der Waals surface area contributed by atoms with E-state index in [0.29, 0.717) is 6.54 Å². The van der Waals surface area contributed by atoms with E-state index >= 15 is 0 Å². The van der Waals surface area contributed by atoms with Crippen LogP contribution < -0.4 is 5.73 Å². The second-order valence-corrected chi connectivity index (χ2v) is 4.50. The van der Waals surface area contributed by atoms with E-state index in [-0.39, 0.29) is 12.1 Å². The summed E-state index contributed by atoms with van der Waals surface area (Å²) in [6.07, 6.45) is 7.74. The summed E-state index contributed by atoms with van der Waals surface area (Å²) in [7, 11) is 0. The van der Waals surface area contributed by atoms with Gasteiger partial charge in [0.2, 0.25) is 0 Å². The lowest BCUT2D eigenvalue weighted by molar-refractivity contribution is 0.0980. The number of aliphatic hydroxyl groups is 1. The third-order valence-corrected chi connectivity index (χ3v) is 3.24. The first-order valence-corrected chi connectivity index (χ1v) is 6.10. The van der Waals surface area contributed by atoms with E-state index in [2.05, 4.69) is 10.3 Å². The van der Waals surface area contributed by atoms with Gasteiger partial charge in [-0.2, -0.15) is 0 Å². The van der Waals surface area contributed by atoms with Crippen molar-refractivity contribution >= 4 is 0 Å². The van der Waals surface area contributed by atoms with E-state index in [9.17, 15) is 5.11 Å². The maximum Gasteiger partial charge on any atom is 0.0839 e. The molecule has 1 aromatic heterocycles. The van der Waals surface area contributed by atoms with Crippen molar-refractivity contribution in [3.8, 4) is 0 Å². The first kappa shape index (κ1) is 11.5. The molecular formula is C11H20N4O. The van der Waals surface area contributed by atoms with Crippen LogP contribution in [0.15, 0.2) is 6.20 Å². The van der Waals surface area contributed by atoms with Crippen LogP contribution in [0.3, 0.4) is 0 Å². The molecule has 2 rings (SSSR count). The molecule has 0 aliphatic heterocycles. The van der Waals surface area contributed by atoms with Crippen LogP contribution in [0.1, 0.15) is 43.8 Å². The van der Waals surface area contributed by atoms with Crippen LogP contribution in [-0.2, 0) is 6.42 Å². The van der Waals surface area contributed by atoms with E-state index < -0.39 is 0 Å². The number of aliphatic hydroxyl groups excluding tert-OH is 1. The molecule has 1 fully saturated rings.